The maximum absolute atomic E-state index is 13.4. The van der Waals surface area contributed by atoms with E-state index < -0.39 is 37.6 Å². The normalized spacial score (nSPS) is 18.7. The largest absolute Gasteiger partial charge is 0.508 e. The third kappa shape index (κ3) is 5.43. The van der Waals surface area contributed by atoms with Gasteiger partial charge in [-0.2, -0.15) is 0 Å². The van der Waals surface area contributed by atoms with Crippen LogP contribution in [-0.4, -0.2) is 37.1 Å². The van der Waals surface area contributed by atoms with Gasteiger partial charge in [0.1, 0.15) is 11.6 Å². The lowest BCUT2D eigenvalue weighted by atomic mass is 9.76. The van der Waals surface area contributed by atoms with Crippen LogP contribution in [0.1, 0.15) is 29.7 Å². The van der Waals surface area contributed by atoms with Gasteiger partial charge in [0, 0.05) is 17.7 Å². The van der Waals surface area contributed by atoms with E-state index in [1.54, 1.807) is 42.5 Å². The van der Waals surface area contributed by atoms with Crippen molar-refractivity contribution >= 4 is 24.5 Å². The van der Waals surface area contributed by atoms with Crippen LogP contribution in [0.5, 0.6) is 5.75 Å². The van der Waals surface area contributed by atoms with Crippen LogP contribution in [0.3, 0.4) is 0 Å². The standard InChI is InChI=1S/C30H27FNO7P/c31-21-11-6-19(7-12-21)25(33)17-27(35)28-29(32(30(28)36)22-4-2-1-3-5-22)24-15-10-20(16-26(24)34)18-8-13-23(14-9-18)40(37,38)39/h1-16,25,27-29,33-35H,17H2,(H2,37,38,39). The van der Waals surface area contributed by atoms with Gasteiger partial charge in [-0.3, -0.25) is 9.36 Å². The second-order valence-corrected chi connectivity index (χ2v) is 11.4. The first-order valence-electron chi connectivity index (χ1n) is 12.5. The van der Waals surface area contributed by atoms with Crippen molar-refractivity contribution in [3.63, 3.8) is 0 Å². The molecule has 206 valence electrons. The maximum atomic E-state index is 13.4. The first kappa shape index (κ1) is 27.7. The van der Waals surface area contributed by atoms with Gasteiger partial charge < -0.3 is 30.0 Å². The number of rotatable bonds is 8. The summed E-state index contributed by atoms with van der Waals surface area (Å²) in [4.78, 5) is 33.5. The third-order valence-corrected chi connectivity index (χ3v) is 8.17. The molecule has 1 saturated heterocycles. The Labute approximate surface area is 229 Å². The lowest BCUT2D eigenvalue weighted by molar-refractivity contribution is -0.137. The summed E-state index contributed by atoms with van der Waals surface area (Å²) >= 11 is 0. The number of benzene rings is 4. The average Bonchev–Trinajstić information content (AvgIpc) is 2.92. The highest BCUT2D eigenvalue weighted by molar-refractivity contribution is 7.60. The molecule has 40 heavy (non-hydrogen) atoms. The first-order valence-corrected chi connectivity index (χ1v) is 14.1. The summed E-state index contributed by atoms with van der Waals surface area (Å²) in [5.74, 6) is -1.92. The van der Waals surface area contributed by atoms with Gasteiger partial charge in [-0.25, -0.2) is 4.39 Å². The fourth-order valence-corrected chi connectivity index (χ4v) is 5.65. The maximum Gasteiger partial charge on any atom is 0.356 e. The molecule has 0 spiro atoms. The SMILES string of the molecule is O=C1C(C(O)CC(O)c2ccc(F)cc2)C(c2ccc(-c3ccc(P(=O)(O)O)cc3)cc2O)N1c1ccccc1. The van der Waals surface area contributed by atoms with Crippen LogP contribution in [0, 0.1) is 11.7 Å². The molecule has 10 heteroatoms. The summed E-state index contributed by atoms with van der Waals surface area (Å²) in [6.07, 6.45) is -2.58. The number of carbonyl (C=O) groups is 1. The van der Waals surface area contributed by atoms with Crippen molar-refractivity contribution in [3.8, 4) is 16.9 Å². The monoisotopic (exact) mass is 563 g/mol. The molecule has 4 aromatic rings. The molecule has 5 rings (SSSR count). The molecule has 0 aliphatic carbocycles. The highest BCUT2D eigenvalue weighted by Crippen LogP contribution is 2.49. The molecule has 4 aromatic carbocycles. The minimum absolute atomic E-state index is 0.122. The van der Waals surface area contributed by atoms with Crippen molar-refractivity contribution in [1.82, 2.24) is 0 Å². The molecule has 1 aliphatic heterocycles. The highest BCUT2D eigenvalue weighted by atomic mass is 31.2. The minimum Gasteiger partial charge on any atom is -0.508 e. The molecule has 0 radical (unpaired) electrons. The molecule has 1 aliphatic rings. The molecule has 1 fully saturated rings. The van der Waals surface area contributed by atoms with Crippen molar-refractivity contribution in [1.29, 1.82) is 0 Å². The topological polar surface area (TPSA) is 139 Å². The Morgan fingerprint density at radius 2 is 1.48 bits per heavy atom. The van der Waals surface area contributed by atoms with Gasteiger partial charge >= 0.3 is 7.60 Å². The van der Waals surface area contributed by atoms with Crippen molar-refractivity contribution in [2.24, 2.45) is 5.92 Å². The summed E-state index contributed by atoms with van der Waals surface area (Å²) in [5, 5.41) is 32.7. The van der Waals surface area contributed by atoms with Crippen LogP contribution in [0.4, 0.5) is 10.1 Å². The number of β-lactam (4-membered cyclic amide) rings is 1. The smallest absolute Gasteiger partial charge is 0.356 e. The van der Waals surface area contributed by atoms with E-state index in [0.717, 1.165) is 0 Å². The molecular weight excluding hydrogens is 536 g/mol. The van der Waals surface area contributed by atoms with Gasteiger partial charge in [-0.1, -0.05) is 54.6 Å². The lowest BCUT2D eigenvalue weighted by Gasteiger charge is -2.49. The van der Waals surface area contributed by atoms with Crippen LogP contribution in [-0.2, 0) is 9.36 Å². The van der Waals surface area contributed by atoms with E-state index in [9.17, 15) is 38.9 Å². The Balaban J connectivity index is 1.45. The molecule has 4 atom stereocenters. The second kappa shape index (κ2) is 11.0. The Kier molecular flexibility index (Phi) is 7.59. The van der Waals surface area contributed by atoms with E-state index in [2.05, 4.69) is 0 Å². The molecule has 0 bridgehead atoms. The van der Waals surface area contributed by atoms with Crippen LogP contribution in [0.15, 0.2) is 97.1 Å². The zero-order valence-electron chi connectivity index (χ0n) is 21.1. The number of phenols is 1. The summed E-state index contributed by atoms with van der Waals surface area (Å²) in [5.41, 5.74) is 2.57. The molecular formula is C30H27FNO7P. The summed E-state index contributed by atoms with van der Waals surface area (Å²) in [7, 11) is -4.39. The number of aliphatic hydroxyl groups excluding tert-OH is 2. The number of hydrogen-bond acceptors (Lipinski definition) is 5. The van der Waals surface area contributed by atoms with Gasteiger partial charge in [0.25, 0.3) is 0 Å². The zero-order chi connectivity index (χ0) is 28.6. The highest BCUT2D eigenvalue weighted by Gasteiger charge is 2.53. The first-order chi connectivity index (χ1) is 19.0. The number of aliphatic hydroxyl groups is 2. The summed E-state index contributed by atoms with van der Waals surface area (Å²) < 4.78 is 24.8. The van der Waals surface area contributed by atoms with E-state index in [-0.39, 0.29) is 23.4 Å². The van der Waals surface area contributed by atoms with Crippen LogP contribution >= 0.6 is 7.60 Å². The quantitative estimate of drug-likeness (QED) is 0.160. The number of halogens is 1. The van der Waals surface area contributed by atoms with Crippen LogP contribution in [0.25, 0.3) is 11.1 Å². The van der Waals surface area contributed by atoms with E-state index >= 15 is 0 Å². The van der Waals surface area contributed by atoms with E-state index in [4.69, 9.17) is 0 Å². The van der Waals surface area contributed by atoms with Crippen LogP contribution < -0.4 is 10.2 Å². The Hall–Kier alpha value is -3.85. The number of hydrogen-bond donors (Lipinski definition) is 5. The molecule has 1 amide bonds. The van der Waals surface area contributed by atoms with Gasteiger partial charge in [-0.15, -0.1) is 0 Å². The Bertz CT molecular complexity index is 1560. The Morgan fingerprint density at radius 1 is 0.850 bits per heavy atom. The number of para-hydroxylation sites is 1. The number of nitrogens with zero attached hydrogens (tertiary/aromatic N) is 1. The van der Waals surface area contributed by atoms with Crippen molar-refractivity contribution in [2.45, 2.75) is 24.7 Å². The number of phenolic OH excluding ortho intramolecular Hbond substituents is 1. The summed E-state index contributed by atoms with van der Waals surface area (Å²) in [6.45, 7) is 0. The van der Waals surface area contributed by atoms with Crippen molar-refractivity contribution < 1.29 is 38.9 Å². The van der Waals surface area contributed by atoms with Crippen molar-refractivity contribution in [3.05, 3.63) is 114 Å². The zero-order valence-corrected chi connectivity index (χ0v) is 22.0. The van der Waals surface area contributed by atoms with Crippen molar-refractivity contribution in [2.75, 3.05) is 4.90 Å². The predicted molar refractivity (Wildman–Crippen MR) is 147 cm³/mol. The number of amides is 1. The second-order valence-electron chi connectivity index (χ2n) is 9.75. The molecule has 0 aromatic heterocycles. The fraction of sp³-hybridized carbons (Fsp3) is 0.167. The van der Waals surface area contributed by atoms with E-state index in [0.29, 0.717) is 27.9 Å². The molecule has 4 unspecified atom stereocenters. The van der Waals surface area contributed by atoms with Gasteiger partial charge in [0.15, 0.2) is 0 Å². The molecule has 8 nitrogen and oxygen atoms in total. The molecule has 5 N–H and O–H groups in total. The predicted octanol–water partition coefficient (Wildman–Crippen LogP) is 4.19. The number of aromatic hydroxyl groups is 1. The third-order valence-electron chi connectivity index (χ3n) is 7.20. The molecule has 1 heterocycles. The van der Waals surface area contributed by atoms with Gasteiger partial charge in [0.05, 0.1) is 29.5 Å². The lowest BCUT2D eigenvalue weighted by Crippen LogP contribution is -2.59. The van der Waals surface area contributed by atoms with E-state index in [1.165, 1.54) is 59.5 Å². The minimum atomic E-state index is -4.39. The van der Waals surface area contributed by atoms with Crippen LogP contribution in [0.2, 0.25) is 0 Å². The number of anilines is 1. The molecule has 0 saturated carbocycles. The van der Waals surface area contributed by atoms with E-state index in [1.807, 2.05) is 0 Å². The number of carbonyl (C=O) groups excluding carboxylic acids is 1. The Morgan fingerprint density at radius 3 is 2.08 bits per heavy atom. The van der Waals surface area contributed by atoms with Gasteiger partial charge in [-0.05, 0) is 59.2 Å². The fourth-order valence-electron chi connectivity index (χ4n) is 5.11. The average molecular weight is 564 g/mol. The van der Waals surface area contributed by atoms with Gasteiger partial charge in [0.2, 0.25) is 5.91 Å². The summed E-state index contributed by atoms with van der Waals surface area (Å²) in [6, 6.07) is 23.9.